The fourth-order valence-corrected chi connectivity index (χ4v) is 5.71. The molecule has 4 rings (SSSR count). The van der Waals surface area contributed by atoms with Gasteiger partial charge in [-0.05, 0) is 38.5 Å². The minimum Gasteiger partial charge on any atom is -0.464 e. The number of nitrogens with one attached hydrogen (secondary N) is 1. The molecule has 0 radical (unpaired) electrons. The zero-order chi connectivity index (χ0) is 25.6. The van der Waals surface area contributed by atoms with Crippen molar-refractivity contribution in [2.75, 3.05) is 19.0 Å². The predicted octanol–water partition coefficient (Wildman–Crippen LogP) is 3.88. The number of halogens is 4. The Bertz CT molecular complexity index is 1160. The number of anilines is 1. The second kappa shape index (κ2) is 8.94. The Morgan fingerprint density at radius 2 is 2.09 bits per heavy atom. The average Bonchev–Trinajstić information content (AvgIpc) is 3.49. The van der Waals surface area contributed by atoms with Crippen molar-refractivity contribution < 1.29 is 31.8 Å². The van der Waals surface area contributed by atoms with Gasteiger partial charge in [0.05, 0.1) is 29.3 Å². The number of carbonyl (C=O) groups is 1. The van der Waals surface area contributed by atoms with Gasteiger partial charge < -0.3 is 20.5 Å². The maximum Gasteiger partial charge on any atom is 0.425 e. The summed E-state index contributed by atoms with van der Waals surface area (Å²) >= 11 is 1.43. The molecule has 2 aromatic rings. The number of aromatic nitrogens is 2. The number of fused-ring (bicyclic) bond motifs is 1. The fraction of sp³-hybridized carbons (Fsp3) is 0.455. The van der Waals surface area contributed by atoms with Crippen LogP contribution in [0, 0.1) is 11.7 Å². The number of alkyl halides is 3. The van der Waals surface area contributed by atoms with Crippen molar-refractivity contribution in [2.45, 2.75) is 42.8 Å². The van der Waals surface area contributed by atoms with E-state index in [1.54, 1.807) is 14.0 Å². The molecule has 3 N–H and O–H groups in total. The van der Waals surface area contributed by atoms with E-state index >= 15 is 0 Å². The lowest BCUT2D eigenvalue weighted by atomic mass is 9.85. The summed E-state index contributed by atoms with van der Waals surface area (Å²) in [6.45, 7) is 3.09. The van der Waals surface area contributed by atoms with Crippen molar-refractivity contribution >= 4 is 28.5 Å². The molecule has 1 aliphatic carbocycles. The molecule has 35 heavy (non-hydrogen) atoms. The molecule has 1 fully saturated rings. The molecule has 0 saturated heterocycles. The van der Waals surface area contributed by atoms with Crippen LogP contribution in [0.4, 0.5) is 23.2 Å². The number of rotatable bonds is 7. The van der Waals surface area contributed by atoms with Gasteiger partial charge in [0.25, 0.3) is 5.91 Å². The largest absolute Gasteiger partial charge is 0.464 e. The van der Waals surface area contributed by atoms with Gasteiger partial charge in [0.2, 0.25) is 5.88 Å². The molecule has 0 spiro atoms. The van der Waals surface area contributed by atoms with Crippen molar-refractivity contribution in [3.05, 3.63) is 47.7 Å². The van der Waals surface area contributed by atoms with E-state index in [1.807, 2.05) is 0 Å². The highest BCUT2D eigenvalue weighted by Crippen LogP contribution is 2.66. The molecule has 0 bridgehead atoms. The third kappa shape index (κ3) is 4.92. The van der Waals surface area contributed by atoms with Crippen LogP contribution in [0.5, 0.6) is 5.88 Å². The first-order valence-electron chi connectivity index (χ1n) is 10.6. The first-order chi connectivity index (χ1) is 16.4. The van der Waals surface area contributed by atoms with Crippen molar-refractivity contribution in [2.24, 2.45) is 16.6 Å². The number of amidine groups is 1. The summed E-state index contributed by atoms with van der Waals surface area (Å²) in [5.74, 6) is -1.56. The topological polar surface area (TPSA) is 112 Å². The van der Waals surface area contributed by atoms with E-state index in [0.717, 1.165) is 25.7 Å². The van der Waals surface area contributed by atoms with E-state index < -0.39 is 29.5 Å². The van der Waals surface area contributed by atoms with Crippen LogP contribution in [-0.4, -0.2) is 51.8 Å². The van der Waals surface area contributed by atoms with Gasteiger partial charge in [-0.3, -0.25) is 9.79 Å². The van der Waals surface area contributed by atoms with Crippen LogP contribution in [0.2, 0.25) is 0 Å². The standard InChI is InChI=1S/C22H23F4N5O3S/c1-11(22(24,25)26)34-17-9-28-15(8-29-17)18(32)30-12-4-5-14(23)13(6-12)20(2)16-7-21(16,10-33-3)35-19(27)31-20/h4-6,8-9,11,16H,7,10H2,1-3H3,(H2,27,31)(H,30,32)/t11-,16?,20-,21-/m1/s1. The first-order valence-corrected chi connectivity index (χ1v) is 11.4. The molecule has 1 saturated carbocycles. The van der Waals surface area contributed by atoms with Gasteiger partial charge in [-0.15, -0.1) is 0 Å². The summed E-state index contributed by atoms with van der Waals surface area (Å²) in [5, 5.41) is 2.94. The first kappa shape index (κ1) is 25.2. The van der Waals surface area contributed by atoms with E-state index in [-0.39, 0.29) is 33.5 Å². The Balaban J connectivity index is 1.52. The summed E-state index contributed by atoms with van der Waals surface area (Å²) < 4.78 is 62.6. The number of benzene rings is 1. The molecular weight excluding hydrogens is 490 g/mol. The lowest BCUT2D eigenvalue weighted by Gasteiger charge is -2.34. The molecule has 1 aromatic carbocycles. The van der Waals surface area contributed by atoms with Crippen molar-refractivity contribution in [1.29, 1.82) is 0 Å². The zero-order valence-corrected chi connectivity index (χ0v) is 19.8. The summed E-state index contributed by atoms with van der Waals surface area (Å²) in [6.07, 6.45) is -3.98. The molecule has 1 aromatic heterocycles. The van der Waals surface area contributed by atoms with Crippen LogP contribution in [0.15, 0.2) is 35.6 Å². The summed E-state index contributed by atoms with van der Waals surface area (Å²) in [5.41, 5.74) is 5.51. The molecule has 4 atom stereocenters. The van der Waals surface area contributed by atoms with E-state index in [0.29, 0.717) is 11.8 Å². The monoisotopic (exact) mass is 513 g/mol. The number of nitrogens with zero attached hydrogens (tertiary/aromatic N) is 3. The lowest BCUT2D eigenvalue weighted by Crippen LogP contribution is -2.37. The maximum atomic E-state index is 14.9. The Morgan fingerprint density at radius 3 is 2.71 bits per heavy atom. The van der Waals surface area contributed by atoms with Gasteiger partial charge in [0, 0.05) is 24.3 Å². The van der Waals surface area contributed by atoms with E-state index in [2.05, 4.69) is 25.0 Å². The van der Waals surface area contributed by atoms with E-state index in [9.17, 15) is 22.4 Å². The maximum absolute atomic E-state index is 14.9. The second-order valence-corrected chi connectivity index (χ2v) is 10.1. The highest BCUT2D eigenvalue weighted by Gasteiger charge is 2.66. The average molecular weight is 514 g/mol. The minimum atomic E-state index is -4.57. The summed E-state index contributed by atoms with van der Waals surface area (Å²) in [7, 11) is 1.60. The van der Waals surface area contributed by atoms with Crippen LogP contribution in [0.25, 0.3) is 0 Å². The zero-order valence-electron chi connectivity index (χ0n) is 19.0. The van der Waals surface area contributed by atoms with Crippen LogP contribution in [0.1, 0.15) is 36.3 Å². The third-order valence-electron chi connectivity index (χ3n) is 6.13. The van der Waals surface area contributed by atoms with Crippen LogP contribution in [0.3, 0.4) is 0 Å². The number of carbonyl (C=O) groups excluding carboxylic acids is 1. The van der Waals surface area contributed by atoms with Crippen molar-refractivity contribution in [3.8, 4) is 5.88 Å². The van der Waals surface area contributed by atoms with Crippen LogP contribution < -0.4 is 15.8 Å². The molecule has 2 heterocycles. The smallest absolute Gasteiger partial charge is 0.425 e. The Morgan fingerprint density at radius 1 is 1.34 bits per heavy atom. The van der Waals surface area contributed by atoms with Crippen LogP contribution >= 0.6 is 11.8 Å². The second-order valence-electron chi connectivity index (χ2n) is 8.64. The van der Waals surface area contributed by atoms with Gasteiger partial charge >= 0.3 is 6.18 Å². The number of nitrogens with two attached hydrogens (primary N) is 1. The fourth-order valence-electron chi connectivity index (χ4n) is 4.26. The number of hydrogen-bond donors (Lipinski definition) is 2. The SMILES string of the molecule is COC[C@]12CC1[C@@](C)(c1cc(NC(=O)c3cnc(O[C@H](C)C(F)(F)F)cn3)ccc1F)N=C(N)S2. The van der Waals surface area contributed by atoms with E-state index in [4.69, 9.17) is 10.5 Å². The molecule has 1 amide bonds. The molecule has 13 heteroatoms. The van der Waals surface area contributed by atoms with Gasteiger partial charge in [0.1, 0.15) is 11.5 Å². The molecule has 1 aliphatic heterocycles. The third-order valence-corrected chi connectivity index (χ3v) is 7.41. The quantitative estimate of drug-likeness (QED) is 0.541. The Labute approximate surface area is 202 Å². The molecular formula is C22H23F4N5O3S. The number of thioether (sulfide) groups is 1. The molecule has 8 nitrogen and oxygen atoms in total. The lowest BCUT2D eigenvalue weighted by molar-refractivity contribution is -0.190. The van der Waals surface area contributed by atoms with Gasteiger partial charge in [-0.2, -0.15) is 13.2 Å². The summed E-state index contributed by atoms with van der Waals surface area (Å²) in [4.78, 5) is 24.7. The van der Waals surface area contributed by atoms with Crippen molar-refractivity contribution in [3.63, 3.8) is 0 Å². The molecule has 2 aliphatic rings. The van der Waals surface area contributed by atoms with Crippen LogP contribution in [-0.2, 0) is 10.3 Å². The number of methoxy groups -OCH3 is 1. The van der Waals surface area contributed by atoms with Gasteiger partial charge in [0.15, 0.2) is 11.3 Å². The van der Waals surface area contributed by atoms with Gasteiger partial charge in [-0.1, -0.05) is 11.8 Å². The predicted molar refractivity (Wildman–Crippen MR) is 122 cm³/mol. The number of aliphatic imine (C=N–C) groups is 1. The number of ether oxygens (including phenoxy) is 2. The Kier molecular flexibility index (Phi) is 6.43. The normalized spacial score (nSPS) is 26.4. The number of hydrogen-bond acceptors (Lipinski definition) is 8. The Hall–Kier alpha value is -2.93. The highest BCUT2D eigenvalue weighted by molar-refractivity contribution is 8.15. The minimum absolute atomic E-state index is 0.00907. The van der Waals surface area contributed by atoms with Gasteiger partial charge in [-0.25, -0.2) is 14.4 Å². The number of amides is 1. The van der Waals surface area contributed by atoms with Crippen molar-refractivity contribution in [1.82, 2.24) is 9.97 Å². The van der Waals surface area contributed by atoms with E-state index in [1.165, 1.54) is 30.0 Å². The summed E-state index contributed by atoms with van der Waals surface area (Å²) in [6, 6.07) is 4.10. The molecule has 188 valence electrons. The highest BCUT2D eigenvalue weighted by atomic mass is 32.2. The molecule has 1 unspecified atom stereocenters.